The van der Waals surface area contributed by atoms with Crippen molar-refractivity contribution in [2.75, 3.05) is 6.54 Å². The quantitative estimate of drug-likeness (QED) is 0.680. The van der Waals surface area contributed by atoms with Crippen molar-refractivity contribution in [2.45, 2.75) is 45.7 Å². The van der Waals surface area contributed by atoms with Crippen LogP contribution in [-0.4, -0.2) is 34.8 Å². The van der Waals surface area contributed by atoms with E-state index in [1.165, 1.54) is 0 Å². The molecule has 0 radical (unpaired) electrons. The molecule has 86 valence electrons. The number of nitrogens with zero attached hydrogens (tertiary/aromatic N) is 1. The Hall–Kier alpha value is -1.10. The molecule has 0 bridgehead atoms. The van der Waals surface area contributed by atoms with Crippen LogP contribution in [0.1, 0.15) is 34.1 Å². The van der Waals surface area contributed by atoms with Crippen LogP contribution in [0, 0.1) is 0 Å². The van der Waals surface area contributed by atoms with Crippen molar-refractivity contribution in [1.29, 1.82) is 0 Å². The van der Waals surface area contributed by atoms with Crippen molar-refractivity contribution in [1.82, 2.24) is 15.8 Å². The maximum atomic E-state index is 12.0. The molecular formula is C10H19N3O2. The minimum absolute atomic E-state index is 0.0247. The first-order chi connectivity index (χ1) is 6.86. The van der Waals surface area contributed by atoms with Crippen molar-refractivity contribution in [3.05, 3.63) is 0 Å². The van der Waals surface area contributed by atoms with Crippen molar-refractivity contribution < 1.29 is 9.59 Å². The Morgan fingerprint density at radius 3 is 2.47 bits per heavy atom. The van der Waals surface area contributed by atoms with E-state index in [1.54, 1.807) is 4.90 Å². The number of rotatable bonds is 2. The average Bonchev–Trinajstić information content (AvgIpc) is 2.50. The predicted octanol–water partition coefficient (Wildman–Crippen LogP) is 0.0265. The molecule has 5 heteroatoms. The molecule has 1 unspecified atom stereocenters. The summed E-state index contributed by atoms with van der Waals surface area (Å²) in [7, 11) is 0. The van der Waals surface area contributed by atoms with Crippen LogP contribution in [0.4, 0.5) is 0 Å². The topological polar surface area (TPSA) is 61.4 Å². The van der Waals surface area contributed by atoms with E-state index in [0.29, 0.717) is 6.54 Å². The molecule has 1 fully saturated rings. The Balaban J connectivity index is 2.70. The van der Waals surface area contributed by atoms with Crippen molar-refractivity contribution >= 4 is 11.8 Å². The fourth-order valence-corrected chi connectivity index (χ4v) is 1.75. The largest absolute Gasteiger partial charge is 0.337 e. The Labute approximate surface area is 90.2 Å². The van der Waals surface area contributed by atoms with Gasteiger partial charge in [-0.2, -0.15) is 0 Å². The van der Waals surface area contributed by atoms with E-state index in [-0.39, 0.29) is 23.8 Å². The van der Waals surface area contributed by atoms with Crippen LogP contribution < -0.4 is 10.9 Å². The van der Waals surface area contributed by atoms with E-state index in [1.807, 2.05) is 27.7 Å². The molecule has 15 heavy (non-hydrogen) atoms. The maximum Gasteiger partial charge on any atom is 0.242 e. The number of hydrogen-bond donors (Lipinski definition) is 2. The number of hydrogen-bond acceptors (Lipinski definition) is 3. The molecule has 1 aliphatic rings. The van der Waals surface area contributed by atoms with Gasteiger partial charge in [-0.3, -0.25) is 15.0 Å². The molecule has 2 N–H and O–H groups in total. The van der Waals surface area contributed by atoms with Gasteiger partial charge in [0.2, 0.25) is 11.8 Å². The van der Waals surface area contributed by atoms with Gasteiger partial charge in [0.25, 0.3) is 0 Å². The molecular weight excluding hydrogens is 194 g/mol. The summed E-state index contributed by atoms with van der Waals surface area (Å²) in [5.74, 6) is -0.151. The fourth-order valence-electron chi connectivity index (χ4n) is 1.75. The summed E-state index contributed by atoms with van der Waals surface area (Å²) in [6.45, 7) is 8.54. The molecule has 1 aliphatic heterocycles. The first-order valence-corrected chi connectivity index (χ1v) is 5.22. The molecule has 0 spiro atoms. The van der Waals surface area contributed by atoms with E-state index in [0.717, 1.165) is 0 Å². The summed E-state index contributed by atoms with van der Waals surface area (Å²) >= 11 is 0. The lowest BCUT2D eigenvalue weighted by Gasteiger charge is -2.36. The summed E-state index contributed by atoms with van der Waals surface area (Å²) < 4.78 is 0. The standard InChI is InChI=1S/C10H19N3O2/c1-5-13(10(2,3)4)9(15)7-6-8(14)12-11-7/h7,11H,5-6H2,1-4H3,(H,12,14). The predicted molar refractivity (Wildman–Crippen MR) is 56.8 cm³/mol. The molecule has 5 nitrogen and oxygen atoms in total. The van der Waals surface area contributed by atoms with Crippen LogP contribution in [-0.2, 0) is 9.59 Å². The minimum atomic E-state index is -0.420. The van der Waals surface area contributed by atoms with Gasteiger partial charge in [-0.15, -0.1) is 0 Å². The van der Waals surface area contributed by atoms with Crippen LogP contribution in [0.25, 0.3) is 0 Å². The zero-order valence-corrected chi connectivity index (χ0v) is 9.76. The zero-order chi connectivity index (χ0) is 11.6. The molecule has 0 aromatic carbocycles. The third-order valence-corrected chi connectivity index (χ3v) is 2.47. The van der Waals surface area contributed by atoms with Gasteiger partial charge < -0.3 is 4.90 Å². The van der Waals surface area contributed by atoms with E-state index in [4.69, 9.17) is 0 Å². The Bertz CT molecular complexity index is 270. The number of hydrazine groups is 1. The molecule has 1 heterocycles. The smallest absolute Gasteiger partial charge is 0.242 e. The summed E-state index contributed by atoms with van der Waals surface area (Å²) in [6.07, 6.45) is 0.228. The Morgan fingerprint density at radius 1 is 1.53 bits per heavy atom. The van der Waals surface area contributed by atoms with Gasteiger partial charge in [0, 0.05) is 12.1 Å². The summed E-state index contributed by atoms with van der Waals surface area (Å²) in [5.41, 5.74) is 4.94. The Morgan fingerprint density at radius 2 is 2.13 bits per heavy atom. The highest BCUT2D eigenvalue weighted by molar-refractivity contribution is 5.91. The van der Waals surface area contributed by atoms with Gasteiger partial charge in [-0.1, -0.05) is 0 Å². The highest BCUT2D eigenvalue weighted by atomic mass is 16.2. The van der Waals surface area contributed by atoms with Crippen molar-refractivity contribution in [3.63, 3.8) is 0 Å². The molecule has 0 aromatic heterocycles. The first-order valence-electron chi connectivity index (χ1n) is 5.22. The average molecular weight is 213 g/mol. The van der Waals surface area contributed by atoms with Crippen LogP contribution in [0.15, 0.2) is 0 Å². The molecule has 0 aliphatic carbocycles. The number of amides is 2. The Kier molecular flexibility index (Phi) is 3.34. The monoisotopic (exact) mass is 213 g/mol. The van der Waals surface area contributed by atoms with Gasteiger partial charge in [0.05, 0.1) is 6.42 Å². The molecule has 1 saturated heterocycles. The summed E-state index contributed by atoms with van der Waals surface area (Å²) in [4.78, 5) is 24.8. The SMILES string of the molecule is CCN(C(=O)C1CC(=O)NN1)C(C)(C)C. The number of likely N-dealkylation sites (N-methyl/N-ethyl adjacent to an activating group) is 1. The lowest BCUT2D eigenvalue weighted by atomic mass is 10.0. The number of carbonyl (C=O) groups is 2. The lowest BCUT2D eigenvalue weighted by molar-refractivity contribution is -0.138. The van der Waals surface area contributed by atoms with E-state index >= 15 is 0 Å². The van der Waals surface area contributed by atoms with Gasteiger partial charge >= 0.3 is 0 Å². The molecule has 0 aromatic rings. The minimum Gasteiger partial charge on any atom is -0.337 e. The molecule has 2 amide bonds. The van der Waals surface area contributed by atoms with Gasteiger partial charge in [-0.25, -0.2) is 5.43 Å². The normalized spacial score (nSPS) is 21.3. The number of nitrogens with one attached hydrogen (secondary N) is 2. The van der Waals surface area contributed by atoms with Crippen LogP contribution in [0.2, 0.25) is 0 Å². The van der Waals surface area contributed by atoms with E-state index in [9.17, 15) is 9.59 Å². The van der Waals surface area contributed by atoms with E-state index < -0.39 is 6.04 Å². The molecule has 0 saturated carbocycles. The second-order valence-corrected chi connectivity index (χ2v) is 4.70. The van der Waals surface area contributed by atoms with Gasteiger partial charge in [0.1, 0.15) is 6.04 Å². The highest BCUT2D eigenvalue weighted by Crippen LogP contribution is 2.15. The molecule has 1 atom stereocenters. The van der Waals surface area contributed by atoms with E-state index in [2.05, 4.69) is 10.9 Å². The summed E-state index contributed by atoms with van der Waals surface area (Å²) in [6, 6.07) is -0.420. The second kappa shape index (κ2) is 4.18. The van der Waals surface area contributed by atoms with Crippen molar-refractivity contribution in [3.8, 4) is 0 Å². The zero-order valence-electron chi connectivity index (χ0n) is 9.76. The van der Waals surface area contributed by atoms with Gasteiger partial charge in [0.15, 0.2) is 0 Å². The second-order valence-electron chi connectivity index (χ2n) is 4.70. The van der Waals surface area contributed by atoms with Gasteiger partial charge in [-0.05, 0) is 27.7 Å². The lowest BCUT2D eigenvalue weighted by Crippen LogP contribution is -2.52. The highest BCUT2D eigenvalue weighted by Gasteiger charge is 2.34. The maximum absolute atomic E-state index is 12.0. The first kappa shape index (κ1) is 12.0. The van der Waals surface area contributed by atoms with Crippen LogP contribution in [0.3, 0.4) is 0 Å². The van der Waals surface area contributed by atoms with Crippen LogP contribution >= 0.6 is 0 Å². The van der Waals surface area contributed by atoms with Crippen molar-refractivity contribution in [2.24, 2.45) is 0 Å². The number of carbonyl (C=O) groups excluding carboxylic acids is 2. The third-order valence-electron chi connectivity index (χ3n) is 2.47. The summed E-state index contributed by atoms with van der Waals surface area (Å²) in [5, 5.41) is 0. The van der Waals surface area contributed by atoms with Crippen LogP contribution in [0.5, 0.6) is 0 Å². The fraction of sp³-hybridized carbons (Fsp3) is 0.800. The molecule has 1 rings (SSSR count). The third kappa shape index (κ3) is 2.68.